The van der Waals surface area contributed by atoms with Crippen molar-refractivity contribution < 1.29 is 22.7 Å². The van der Waals surface area contributed by atoms with E-state index >= 15 is 0 Å². The van der Waals surface area contributed by atoms with Gasteiger partial charge in [-0.15, -0.1) is 0 Å². The molecule has 2 aromatic carbocycles. The summed E-state index contributed by atoms with van der Waals surface area (Å²) in [6.07, 6.45) is 1.54. The molecule has 31 heavy (non-hydrogen) atoms. The van der Waals surface area contributed by atoms with Crippen molar-refractivity contribution >= 4 is 38.6 Å². The van der Waals surface area contributed by atoms with Crippen molar-refractivity contribution in [3.8, 4) is 0 Å². The van der Waals surface area contributed by atoms with Crippen LogP contribution < -0.4 is 5.32 Å². The Morgan fingerprint density at radius 3 is 2.42 bits per heavy atom. The zero-order valence-corrected chi connectivity index (χ0v) is 18.1. The number of fused-ring (bicyclic) bond motifs is 1. The summed E-state index contributed by atoms with van der Waals surface area (Å²) in [6, 6.07) is 13.2. The van der Waals surface area contributed by atoms with Gasteiger partial charge >= 0.3 is 5.97 Å². The first kappa shape index (κ1) is 22.4. The van der Waals surface area contributed by atoms with Crippen molar-refractivity contribution in [1.29, 1.82) is 0 Å². The summed E-state index contributed by atoms with van der Waals surface area (Å²) in [6.45, 7) is 3.77. The molecule has 10 heteroatoms. The van der Waals surface area contributed by atoms with E-state index in [1.807, 2.05) is 24.3 Å². The van der Waals surface area contributed by atoms with Crippen molar-refractivity contribution in [2.75, 3.05) is 25.0 Å². The molecule has 3 rings (SSSR count). The van der Waals surface area contributed by atoms with Gasteiger partial charge < -0.3 is 14.6 Å². The Labute approximate surface area is 180 Å². The van der Waals surface area contributed by atoms with Crippen molar-refractivity contribution in [3.05, 3.63) is 54.9 Å². The van der Waals surface area contributed by atoms with Gasteiger partial charge in [-0.25, -0.2) is 13.4 Å². The normalized spacial score (nSPS) is 11.6. The highest BCUT2D eigenvalue weighted by Crippen LogP contribution is 2.18. The molecule has 0 saturated heterocycles. The standard InChI is InChI=1S/C21H24N4O5S/c1-3-25(4-2)31(28,29)17-11-9-16(10-12-17)23-20(26)14-30-21(27)13-24-15-22-18-7-5-6-8-19(18)24/h5-12,15H,3-4,13-14H2,1-2H3,(H,23,26). The third-order valence-electron chi connectivity index (χ3n) is 4.67. The first-order valence-electron chi connectivity index (χ1n) is 9.80. The number of carbonyl (C=O) groups excluding carboxylic acids is 2. The molecule has 1 heterocycles. The molecule has 0 fully saturated rings. The van der Waals surface area contributed by atoms with Crippen molar-refractivity contribution in [2.24, 2.45) is 0 Å². The lowest BCUT2D eigenvalue weighted by Crippen LogP contribution is -2.30. The molecule has 0 spiro atoms. The lowest BCUT2D eigenvalue weighted by molar-refractivity contribution is -0.147. The second-order valence-corrected chi connectivity index (χ2v) is 8.62. The van der Waals surface area contributed by atoms with Crippen LogP contribution in [-0.4, -0.2) is 53.8 Å². The number of hydrogen-bond acceptors (Lipinski definition) is 6. The maximum Gasteiger partial charge on any atom is 0.326 e. The van der Waals surface area contributed by atoms with Crippen LogP contribution in [-0.2, 0) is 30.9 Å². The number of esters is 1. The number of anilines is 1. The van der Waals surface area contributed by atoms with Crippen LogP contribution in [0.2, 0.25) is 0 Å². The van der Waals surface area contributed by atoms with E-state index in [1.165, 1.54) is 28.6 Å². The number of benzene rings is 2. The summed E-state index contributed by atoms with van der Waals surface area (Å²) in [5.41, 5.74) is 1.96. The SMILES string of the molecule is CCN(CC)S(=O)(=O)c1ccc(NC(=O)COC(=O)Cn2cnc3ccccc32)cc1. The van der Waals surface area contributed by atoms with Gasteiger partial charge in [-0.3, -0.25) is 9.59 Å². The zero-order valence-electron chi connectivity index (χ0n) is 17.3. The number of nitrogens with zero attached hydrogens (tertiary/aromatic N) is 3. The highest BCUT2D eigenvalue weighted by molar-refractivity contribution is 7.89. The molecule has 164 valence electrons. The minimum absolute atomic E-state index is 0.0638. The van der Waals surface area contributed by atoms with Crippen LogP contribution in [0.25, 0.3) is 11.0 Å². The predicted octanol–water partition coefficient (Wildman–Crippen LogP) is 2.25. The van der Waals surface area contributed by atoms with E-state index in [1.54, 1.807) is 24.7 Å². The average molecular weight is 445 g/mol. The number of amides is 1. The number of para-hydroxylation sites is 2. The predicted molar refractivity (Wildman–Crippen MR) is 116 cm³/mol. The van der Waals surface area contributed by atoms with Crippen LogP contribution in [0, 0.1) is 0 Å². The molecule has 3 aromatic rings. The molecule has 1 aromatic heterocycles. The molecule has 0 aliphatic rings. The Morgan fingerprint density at radius 2 is 1.74 bits per heavy atom. The summed E-state index contributed by atoms with van der Waals surface area (Å²) in [4.78, 5) is 28.5. The van der Waals surface area contributed by atoms with Crippen LogP contribution in [0.1, 0.15) is 13.8 Å². The summed E-state index contributed by atoms with van der Waals surface area (Å²) in [7, 11) is -3.56. The molecule has 0 bridgehead atoms. The molecule has 0 aliphatic carbocycles. The summed E-state index contributed by atoms with van der Waals surface area (Å²) >= 11 is 0. The van der Waals surface area contributed by atoms with E-state index in [2.05, 4.69) is 10.3 Å². The van der Waals surface area contributed by atoms with E-state index in [4.69, 9.17) is 4.74 Å². The number of nitrogens with one attached hydrogen (secondary N) is 1. The van der Waals surface area contributed by atoms with Gasteiger partial charge in [0.25, 0.3) is 5.91 Å². The highest BCUT2D eigenvalue weighted by atomic mass is 32.2. The fraction of sp³-hybridized carbons (Fsp3) is 0.286. The van der Waals surface area contributed by atoms with Gasteiger partial charge in [-0.1, -0.05) is 26.0 Å². The third kappa shape index (κ3) is 5.28. The molecule has 9 nitrogen and oxygen atoms in total. The Balaban J connectivity index is 1.53. The largest absolute Gasteiger partial charge is 0.454 e. The quantitative estimate of drug-likeness (QED) is 0.507. The van der Waals surface area contributed by atoms with E-state index < -0.39 is 28.5 Å². The molecular weight excluding hydrogens is 420 g/mol. The summed E-state index contributed by atoms with van der Waals surface area (Å²) in [5, 5.41) is 2.58. The maximum atomic E-state index is 12.5. The first-order valence-corrected chi connectivity index (χ1v) is 11.2. The van der Waals surface area contributed by atoms with E-state index in [0.717, 1.165) is 11.0 Å². The van der Waals surface area contributed by atoms with Crippen molar-refractivity contribution in [2.45, 2.75) is 25.3 Å². The summed E-state index contributed by atoms with van der Waals surface area (Å²) in [5.74, 6) is -1.10. The number of carbonyl (C=O) groups is 2. The molecular formula is C21H24N4O5S. The highest BCUT2D eigenvalue weighted by Gasteiger charge is 2.21. The van der Waals surface area contributed by atoms with Gasteiger partial charge in [-0.05, 0) is 36.4 Å². The molecule has 0 unspecified atom stereocenters. The minimum Gasteiger partial charge on any atom is -0.454 e. The van der Waals surface area contributed by atoms with Crippen LogP contribution >= 0.6 is 0 Å². The van der Waals surface area contributed by atoms with E-state index in [-0.39, 0.29) is 11.4 Å². The Hall–Kier alpha value is -3.24. The molecule has 0 aliphatic heterocycles. The number of aromatic nitrogens is 2. The van der Waals surface area contributed by atoms with Gasteiger partial charge in [-0.2, -0.15) is 4.31 Å². The number of rotatable bonds is 9. The van der Waals surface area contributed by atoms with Crippen LogP contribution in [0.4, 0.5) is 5.69 Å². The number of imidazole rings is 1. The fourth-order valence-corrected chi connectivity index (χ4v) is 4.54. The molecule has 0 radical (unpaired) electrons. The van der Waals surface area contributed by atoms with Gasteiger partial charge in [0.2, 0.25) is 10.0 Å². The topological polar surface area (TPSA) is 111 Å². The van der Waals surface area contributed by atoms with Gasteiger partial charge in [0, 0.05) is 18.8 Å². The average Bonchev–Trinajstić information content (AvgIpc) is 3.16. The monoisotopic (exact) mass is 444 g/mol. The Kier molecular flexibility index (Phi) is 7.03. The van der Waals surface area contributed by atoms with E-state index in [0.29, 0.717) is 18.8 Å². The lowest BCUT2D eigenvalue weighted by Gasteiger charge is -2.18. The number of sulfonamides is 1. The minimum atomic E-state index is -3.56. The zero-order chi connectivity index (χ0) is 22.4. The molecule has 1 amide bonds. The van der Waals surface area contributed by atoms with Crippen LogP contribution in [0.15, 0.2) is 59.8 Å². The Bertz CT molecular complexity index is 1170. The molecule has 1 N–H and O–H groups in total. The Morgan fingerprint density at radius 1 is 1.06 bits per heavy atom. The molecule has 0 saturated carbocycles. The maximum absolute atomic E-state index is 12.5. The second-order valence-electron chi connectivity index (χ2n) is 6.68. The first-order chi connectivity index (χ1) is 14.8. The van der Waals surface area contributed by atoms with Gasteiger partial charge in [0.15, 0.2) is 6.61 Å². The lowest BCUT2D eigenvalue weighted by atomic mass is 10.3. The number of ether oxygens (including phenoxy) is 1. The van der Waals surface area contributed by atoms with Crippen LogP contribution in [0.5, 0.6) is 0 Å². The van der Waals surface area contributed by atoms with E-state index in [9.17, 15) is 18.0 Å². The third-order valence-corrected chi connectivity index (χ3v) is 6.74. The number of hydrogen-bond donors (Lipinski definition) is 1. The van der Waals surface area contributed by atoms with Crippen molar-refractivity contribution in [1.82, 2.24) is 13.9 Å². The van der Waals surface area contributed by atoms with Gasteiger partial charge in [0.05, 0.1) is 22.3 Å². The van der Waals surface area contributed by atoms with Crippen molar-refractivity contribution in [3.63, 3.8) is 0 Å². The second kappa shape index (κ2) is 9.71. The fourth-order valence-electron chi connectivity index (χ4n) is 3.09. The van der Waals surface area contributed by atoms with Gasteiger partial charge in [0.1, 0.15) is 6.54 Å². The van der Waals surface area contributed by atoms with Crippen LogP contribution in [0.3, 0.4) is 0 Å². The molecule has 0 atom stereocenters. The smallest absolute Gasteiger partial charge is 0.326 e. The summed E-state index contributed by atoms with van der Waals surface area (Å²) < 4.78 is 33.0.